The van der Waals surface area contributed by atoms with Crippen LogP contribution in [0.1, 0.15) is 12.5 Å². The third-order valence-electron chi connectivity index (χ3n) is 2.17. The first-order chi connectivity index (χ1) is 7.69. The van der Waals surface area contributed by atoms with Crippen LogP contribution in [-0.4, -0.2) is 12.3 Å². The summed E-state index contributed by atoms with van der Waals surface area (Å²) in [5, 5.41) is 8.61. The van der Waals surface area contributed by atoms with Gasteiger partial charge in [-0.1, -0.05) is 0 Å². The van der Waals surface area contributed by atoms with E-state index >= 15 is 0 Å². The topological polar surface area (TPSA) is 59.3 Å². The minimum Gasteiger partial charge on any atom is -0.451 e. The predicted octanol–water partition coefficient (Wildman–Crippen LogP) is 1.77. The summed E-state index contributed by atoms with van der Waals surface area (Å²) in [4.78, 5) is 11.1. The van der Waals surface area contributed by atoms with Crippen LogP contribution in [0.2, 0.25) is 0 Å². The van der Waals surface area contributed by atoms with Crippen molar-refractivity contribution in [2.45, 2.75) is 13.2 Å². The summed E-state index contributed by atoms with van der Waals surface area (Å²) in [5.74, 6) is 0.196. The molecule has 1 atom stereocenters. The van der Waals surface area contributed by atoms with Gasteiger partial charge in [0.15, 0.2) is 0 Å². The minimum atomic E-state index is -0.666. The molecule has 0 aromatic heterocycles. The van der Waals surface area contributed by atoms with Crippen LogP contribution >= 0.6 is 0 Å². The summed E-state index contributed by atoms with van der Waals surface area (Å²) < 4.78 is 10.3. The lowest BCUT2D eigenvalue weighted by molar-refractivity contribution is -0.148. The maximum absolute atomic E-state index is 11.1. The summed E-state index contributed by atoms with van der Waals surface area (Å²) in [5.41, 5.74) is 1.10. The Kier molecular flexibility index (Phi) is 2.61. The van der Waals surface area contributed by atoms with Crippen molar-refractivity contribution in [1.29, 1.82) is 5.26 Å². The highest BCUT2D eigenvalue weighted by molar-refractivity contribution is 5.90. The molecule has 1 aromatic carbocycles. The van der Waals surface area contributed by atoms with E-state index in [4.69, 9.17) is 14.7 Å². The van der Waals surface area contributed by atoms with E-state index in [-0.39, 0.29) is 5.97 Å². The lowest BCUT2D eigenvalue weighted by atomic mass is 10.2. The Labute approximate surface area is 92.7 Å². The third-order valence-corrected chi connectivity index (χ3v) is 2.17. The number of carbonyl (C=O) groups is 1. The van der Waals surface area contributed by atoms with Crippen molar-refractivity contribution in [2.75, 3.05) is 0 Å². The van der Waals surface area contributed by atoms with Crippen molar-refractivity contribution >= 4 is 5.97 Å². The largest absolute Gasteiger partial charge is 0.451 e. The van der Waals surface area contributed by atoms with E-state index in [0.717, 1.165) is 0 Å². The molecule has 80 valence electrons. The van der Waals surface area contributed by atoms with Gasteiger partial charge in [-0.25, -0.2) is 4.79 Å². The smallest absolute Gasteiger partial charge is 0.336 e. The summed E-state index contributed by atoms with van der Waals surface area (Å²) in [6.07, 6.45) is 0.945. The Morgan fingerprint density at radius 3 is 2.56 bits per heavy atom. The molecule has 0 spiro atoms. The van der Waals surface area contributed by atoms with E-state index in [1.807, 2.05) is 6.07 Å². The summed E-state index contributed by atoms with van der Waals surface area (Å²) in [6, 6.07) is 8.61. The molecule has 4 heteroatoms. The monoisotopic (exact) mass is 215 g/mol. The fourth-order valence-corrected chi connectivity index (χ4v) is 1.30. The molecule has 1 aromatic rings. The van der Waals surface area contributed by atoms with E-state index in [1.165, 1.54) is 0 Å². The lowest BCUT2D eigenvalue weighted by Crippen LogP contribution is -2.15. The van der Waals surface area contributed by atoms with Crippen molar-refractivity contribution in [3.63, 3.8) is 0 Å². The standard InChI is InChI=1S/C12H9NO3/c1-8-6-11(16-12(8)14)15-10-4-2-9(7-13)3-5-10/h2-6,11H,1H3/t11-/m1/s1. The van der Waals surface area contributed by atoms with E-state index in [9.17, 15) is 4.79 Å². The number of cyclic esters (lactones) is 1. The number of nitriles is 1. The number of esters is 1. The van der Waals surface area contributed by atoms with E-state index in [0.29, 0.717) is 16.9 Å². The van der Waals surface area contributed by atoms with Gasteiger partial charge in [0.1, 0.15) is 5.75 Å². The molecule has 0 amide bonds. The van der Waals surface area contributed by atoms with Crippen LogP contribution in [0.15, 0.2) is 35.9 Å². The van der Waals surface area contributed by atoms with Gasteiger partial charge in [-0.15, -0.1) is 0 Å². The van der Waals surface area contributed by atoms with Gasteiger partial charge in [-0.2, -0.15) is 5.26 Å². The minimum absolute atomic E-state index is 0.362. The normalized spacial score (nSPS) is 18.6. The first-order valence-corrected chi connectivity index (χ1v) is 4.75. The average Bonchev–Trinajstić information content (AvgIpc) is 2.59. The predicted molar refractivity (Wildman–Crippen MR) is 55.4 cm³/mol. The molecule has 1 aliphatic heterocycles. The Morgan fingerprint density at radius 2 is 2.06 bits per heavy atom. The zero-order valence-electron chi connectivity index (χ0n) is 8.64. The number of carbonyl (C=O) groups excluding carboxylic acids is 1. The second kappa shape index (κ2) is 4.07. The van der Waals surface area contributed by atoms with Crippen LogP contribution in [0.3, 0.4) is 0 Å². The molecule has 0 saturated heterocycles. The molecule has 0 aliphatic carbocycles. The second-order valence-electron chi connectivity index (χ2n) is 3.38. The molecule has 2 rings (SSSR count). The van der Waals surface area contributed by atoms with Gasteiger partial charge in [-0.3, -0.25) is 0 Å². The van der Waals surface area contributed by atoms with Crippen LogP contribution in [0.25, 0.3) is 0 Å². The molecule has 0 radical (unpaired) electrons. The molecule has 1 aliphatic rings. The number of hydrogen-bond donors (Lipinski definition) is 0. The van der Waals surface area contributed by atoms with Crippen molar-refractivity contribution in [2.24, 2.45) is 0 Å². The zero-order chi connectivity index (χ0) is 11.5. The van der Waals surface area contributed by atoms with Crippen molar-refractivity contribution < 1.29 is 14.3 Å². The van der Waals surface area contributed by atoms with E-state index < -0.39 is 6.29 Å². The lowest BCUT2D eigenvalue weighted by Gasteiger charge is -2.10. The Bertz CT molecular complexity index is 482. The number of hydrogen-bond acceptors (Lipinski definition) is 4. The van der Waals surface area contributed by atoms with Crippen LogP contribution < -0.4 is 4.74 Å². The van der Waals surface area contributed by atoms with Crippen molar-refractivity contribution in [1.82, 2.24) is 0 Å². The highest BCUT2D eigenvalue weighted by atomic mass is 16.7. The summed E-state index contributed by atoms with van der Waals surface area (Å²) in [7, 11) is 0. The maximum atomic E-state index is 11.1. The summed E-state index contributed by atoms with van der Waals surface area (Å²) in [6.45, 7) is 1.67. The zero-order valence-corrected chi connectivity index (χ0v) is 8.64. The first-order valence-electron chi connectivity index (χ1n) is 4.75. The average molecular weight is 215 g/mol. The quantitative estimate of drug-likeness (QED) is 0.705. The van der Waals surface area contributed by atoms with Crippen molar-refractivity contribution in [3.8, 4) is 11.8 Å². The van der Waals surface area contributed by atoms with Gasteiger partial charge in [-0.05, 0) is 31.2 Å². The Balaban J connectivity index is 2.06. The van der Waals surface area contributed by atoms with Gasteiger partial charge < -0.3 is 9.47 Å². The van der Waals surface area contributed by atoms with Crippen LogP contribution in [0.4, 0.5) is 0 Å². The molecule has 0 N–H and O–H groups in total. The summed E-state index contributed by atoms with van der Waals surface area (Å²) >= 11 is 0. The number of nitrogens with zero attached hydrogens (tertiary/aromatic N) is 1. The third kappa shape index (κ3) is 2.04. The highest BCUT2D eigenvalue weighted by Crippen LogP contribution is 2.19. The van der Waals surface area contributed by atoms with Gasteiger partial charge in [0, 0.05) is 11.6 Å². The number of ether oxygens (including phenoxy) is 2. The molecular weight excluding hydrogens is 206 g/mol. The molecule has 0 saturated carbocycles. The fourth-order valence-electron chi connectivity index (χ4n) is 1.30. The molecular formula is C12H9NO3. The fraction of sp³-hybridized carbons (Fsp3) is 0.167. The van der Waals surface area contributed by atoms with Crippen LogP contribution in [0.5, 0.6) is 5.75 Å². The first kappa shape index (κ1) is 10.2. The van der Waals surface area contributed by atoms with Crippen LogP contribution in [-0.2, 0) is 9.53 Å². The van der Waals surface area contributed by atoms with Gasteiger partial charge in [0.05, 0.1) is 11.6 Å². The number of benzene rings is 1. The molecule has 0 unspecified atom stereocenters. The van der Waals surface area contributed by atoms with Gasteiger partial charge >= 0.3 is 5.97 Å². The van der Waals surface area contributed by atoms with Gasteiger partial charge in [0.2, 0.25) is 0 Å². The highest BCUT2D eigenvalue weighted by Gasteiger charge is 2.23. The molecule has 16 heavy (non-hydrogen) atoms. The van der Waals surface area contributed by atoms with Crippen molar-refractivity contribution in [3.05, 3.63) is 41.5 Å². The molecule has 0 bridgehead atoms. The molecule has 4 nitrogen and oxygen atoms in total. The SMILES string of the molecule is CC1=C[C@H](Oc2ccc(C#N)cc2)OC1=O. The molecule has 0 fully saturated rings. The Morgan fingerprint density at radius 1 is 1.38 bits per heavy atom. The van der Waals surface area contributed by atoms with E-state index in [2.05, 4.69) is 0 Å². The van der Waals surface area contributed by atoms with E-state index in [1.54, 1.807) is 37.3 Å². The number of rotatable bonds is 2. The van der Waals surface area contributed by atoms with Crippen LogP contribution in [0, 0.1) is 11.3 Å². The maximum Gasteiger partial charge on any atom is 0.336 e. The second-order valence-corrected chi connectivity index (χ2v) is 3.38. The van der Waals surface area contributed by atoms with Gasteiger partial charge in [0.25, 0.3) is 6.29 Å². The molecule has 1 heterocycles. The Hall–Kier alpha value is -2.28.